The molecule has 2 rings (SSSR count). The van der Waals surface area contributed by atoms with E-state index in [1.165, 1.54) is 6.26 Å². The molecule has 0 aromatic heterocycles. The average molecular weight is 305 g/mol. The molecule has 0 amide bonds. The van der Waals surface area contributed by atoms with E-state index < -0.39 is 14.6 Å². The summed E-state index contributed by atoms with van der Waals surface area (Å²) < 4.78 is 23.6. The van der Waals surface area contributed by atoms with E-state index in [4.69, 9.17) is 0 Å². The Morgan fingerprint density at radius 3 is 2.29 bits per heavy atom. The van der Waals surface area contributed by atoms with Crippen molar-refractivity contribution in [2.24, 2.45) is 0 Å². The number of sulfone groups is 1. The normalized spacial score (nSPS) is 14.3. The summed E-state index contributed by atoms with van der Waals surface area (Å²) in [5, 5.41) is 5.45. The molecule has 0 heterocycles. The van der Waals surface area contributed by atoms with Gasteiger partial charge >= 0.3 is 0 Å². The smallest absolute Gasteiger partial charge is 0.154 e. The third kappa shape index (κ3) is 2.70. The van der Waals surface area contributed by atoms with Gasteiger partial charge in [0.2, 0.25) is 0 Å². The van der Waals surface area contributed by atoms with Gasteiger partial charge in [0.05, 0.1) is 10.8 Å². The van der Waals surface area contributed by atoms with Gasteiger partial charge in [-0.25, -0.2) is 8.42 Å². The number of nitrogens with one attached hydrogen (secondary N) is 1. The fourth-order valence-electron chi connectivity index (χ4n) is 2.84. The highest BCUT2D eigenvalue weighted by atomic mass is 32.2. The maximum absolute atomic E-state index is 12.2. The standard InChI is InChI=1S/C17H23NO2S/c1-12-10-11-13-8-6-7-9-14(13)15(12)16(18-4)17(2,3)21(5,19)20/h6-11,16,18H,1-5H3. The molecule has 4 heteroatoms. The summed E-state index contributed by atoms with van der Waals surface area (Å²) in [6.45, 7) is 5.60. The second-order valence-electron chi connectivity index (χ2n) is 6.11. The average Bonchev–Trinajstić information content (AvgIpc) is 2.40. The fourth-order valence-corrected chi connectivity index (χ4v) is 3.51. The lowest BCUT2D eigenvalue weighted by Gasteiger charge is -2.34. The minimum Gasteiger partial charge on any atom is -0.312 e. The first-order chi connectivity index (χ1) is 9.70. The molecule has 2 aromatic carbocycles. The molecule has 0 saturated carbocycles. The van der Waals surface area contributed by atoms with E-state index >= 15 is 0 Å². The highest BCUT2D eigenvalue weighted by Crippen LogP contribution is 2.37. The number of hydrogen-bond acceptors (Lipinski definition) is 3. The van der Waals surface area contributed by atoms with Crippen LogP contribution in [0.2, 0.25) is 0 Å². The van der Waals surface area contributed by atoms with Gasteiger partial charge < -0.3 is 5.32 Å². The van der Waals surface area contributed by atoms with Crippen molar-refractivity contribution in [2.75, 3.05) is 13.3 Å². The lowest BCUT2D eigenvalue weighted by atomic mass is 9.88. The molecule has 1 N–H and O–H groups in total. The van der Waals surface area contributed by atoms with Gasteiger partial charge in [0.15, 0.2) is 9.84 Å². The van der Waals surface area contributed by atoms with Crippen molar-refractivity contribution in [1.29, 1.82) is 0 Å². The Labute approximate surface area is 127 Å². The quantitative estimate of drug-likeness (QED) is 0.943. The van der Waals surface area contributed by atoms with Crippen molar-refractivity contribution in [2.45, 2.75) is 31.6 Å². The summed E-state index contributed by atoms with van der Waals surface area (Å²) in [7, 11) is -1.39. The third-order valence-corrected chi connectivity index (χ3v) is 6.56. The minimum absolute atomic E-state index is 0.265. The molecule has 2 aromatic rings. The highest BCUT2D eigenvalue weighted by molar-refractivity contribution is 7.92. The Kier molecular flexibility index (Phi) is 4.13. The van der Waals surface area contributed by atoms with Crippen LogP contribution in [0.25, 0.3) is 10.8 Å². The maximum atomic E-state index is 12.2. The van der Waals surface area contributed by atoms with E-state index in [-0.39, 0.29) is 6.04 Å². The van der Waals surface area contributed by atoms with Gasteiger partial charge in [-0.2, -0.15) is 0 Å². The summed E-state index contributed by atoms with van der Waals surface area (Å²) in [6, 6.07) is 12.0. The zero-order valence-electron chi connectivity index (χ0n) is 13.3. The van der Waals surface area contributed by atoms with Crippen LogP contribution in [0.4, 0.5) is 0 Å². The number of hydrogen-bond donors (Lipinski definition) is 1. The van der Waals surface area contributed by atoms with E-state index in [9.17, 15) is 8.42 Å². The topological polar surface area (TPSA) is 46.2 Å². The van der Waals surface area contributed by atoms with Gasteiger partial charge in [-0.15, -0.1) is 0 Å². The number of benzene rings is 2. The number of aryl methyl sites for hydroxylation is 1. The molecule has 114 valence electrons. The SMILES string of the molecule is CNC(c1c(C)ccc2ccccc12)C(C)(C)S(C)(=O)=O. The second-order valence-corrected chi connectivity index (χ2v) is 8.71. The van der Waals surface area contributed by atoms with Crippen molar-refractivity contribution in [3.8, 4) is 0 Å². The number of fused-ring (bicyclic) bond motifs is 1. The van der Waals surface area contributed by atoms with Gasteiger partial charge in [0.25, 0.3) is 0 Å². The molecule has 21 heavy (non-hydrogen) atoms. The van der Waals surface area contributed by atoms with Crippen LogP contribution in [0.5, 0.6) is 0 Å². The van der Waals surface area contributed by atoms with Gasteiger partial charge in [-0.3, -0.25) is 0 Å². The summed E-state index contributed by atoms with van der Waals surface area (Å²) in [5.41, 5.74) is 2.16. The maximum Gasteiger partial charge on any atom is 0.154 e. The van der Waals surface area contributed by atoms with Gasteiger partial charge in [-0.1, -0.05) is 36.4 Å². The van der Waals surface area contributed by atoms with Crippen molar-refractivity contribution in [3.05, 3.63) is 47.5 Å². The molecule has 0 radical (unpaired) electrons. The first-order valence-corrected chi connectivity index (χ1v) is 8.94. The van der Waals surface area contributed by atoms with E-state index in [1.54, 1.807) is 13.8 Å². The Bertz CT molecular complexity index is 763. The zero-order valence-corrected chi connectivity index (χ0v) is 14.1. The molecule has 0 aliphatic carbocycles. The predicted molar refractivity (Wildman–Crippen MR) is 89.4 cm³/mol. The van der Waals surface area contributed by atoms with Crippen LogP contribution in [0.3, 0.4) is 0 Å². The molecule has 0 bridgehead atoms. The van der Waals surface area contributed by atoms with E-state index in [0.29, 0.717) is 0 Å². The zero-order chi connectivity index (χ0) is 15.8. The highest BCUT2D eigenvalue weighted by Gasteiger charge is 2.40. The Hall–Kier alpha value is -1.39. The first kappa shape index (κ1) is 16.0. The van der Waals surface area contributed by atoms with E-state index in [2.05, 4.69) is 29.6 Å². The Morgan fingerprint density at radius 2 is 1.71 bits per heavy atom. The molecule has 0 saturated heterocycles. The van der Waals surface area contributed by atoms with E-state index in [0.717, 1.165) is 21.9 Å². The minimum atomic E-state index is -3.21. The Balaban J connectivity index is 2.77. The van der Waals surface area contributed by atoms with Crippen molar-refractivity contribution >= 4 is 20.6 Å². The van der Waals surface area contributed by atoms with E-state index in [1.807, 2.05) is 26.1 Å². The molecular formula is C17H23NO2S. The monoisotopic (exact) mass is 305 g/mol. The molecule has 1 unspecified atom stereocenters. The molecule has 0 aliphatic heterocycles. The summed E-state index contributed by atoms with van der Waals surface area (Å²) >= 11 is 0. The third-order valence-electron chi connectivity index (χ3n) is 4.42. The van der Waals surface area contributed by atoms with Crippen LogP contribution < -0.4 is 5.32 Å². The van der Waals surface area contributed by atoms with Gasteiger partial charge in [0, 0.05) is 6.26 Å². The van der Waals surface area contributed by atoms with Crippen molar-refractivity contribution in [3.63, 3.8) is 0 Å². The summed E-state index contributed by atoms with van der Waals surface area (Å²) in [5.74, 6) is 0. The molecule has 0 spiro atoms. The van der Waals surface area contributed by atoms with Crippen LogP contribution >= 0.6 is 0 Å². The van der Waals surface area contributed by atoms with Gasteiger partial charge in [-0.05, 0) is 49.7 Å². The molecule has 1 atom stereocenters. The van der Waals surface area contributed by atoms with Gasteiger partial charge in [0.1, 0.15) is 0 Å². The predicted octanol–water partition coefficient (Wildman–Crippen LogP) is 3.23. The molecule has 0 fully saturated rings. The van der Waals surface area contributed by atoms with Crippen molar-refractivity contribution in [1.82, 2.24) is 5.32 Å². The largest absolute Gasteiger partial charge is 0.312 e. The number of rotatable bonds is 4. The van der Waals surface area contributed by atoms with Crippen molar-refractivity contribution < 1.29 is 8.42 Å². The lowest BCUT2D eigenvalue weighted by Crippen LogP contribution is -2.44. The van der Waals surface area contributed by atoms with Crippen LogP contribution in [-0.2, 0) is 9.84 Å². The van der Waals surface area contributed by atoms with Crippen LogP contribution in [0.15, 0.2) is 36.4 Å². The lowest BCUT2D eigenvalue weighted by molar-refractivity contribution is 0.447. The van der Waals surface area contributed by atoms with Crippen LogP contribution in [0.1, 0.15) is 31.0 Å². The molecular weight excluding hydrogens is 282 g/mol. The second kappa shape index (κ2) is 5.43. The van der Waals surface area contributed by atoms with Crippen LogP contribution in [-0.4, -0.2) is 26.5 Å². The Morgan fingerprint density at radius 1 is 1.10 bits per heavy atom. The first-order valence-electron chi connectivity index (χ1n) is 7.05. The summed E-state index contributed by atoms with van der Waals surface area (Å²) in [6.07, 6.45) is 1.30. The fraction of sp³-hybridized carbons (Fsp3) is 0.412. The summed E-state index contributed by atoms with van der Waals surface area (Å²) in [4.78, 5) is 0. The van der Waals surface area contributed by atoms with Crippen LogP contribution in [0, 0.1) is 6.92 Å². The molecule has 0 aliphatic rings. The molecule has 3 nitrogen and oxygen atoms in total.